The van der Waals surface area contributed by atoms with Crippen molar-refractivity contribution in [1.82, 2.24) is 0 Å². The van der Waals surface area contributed by atoms with E-state index < -0.39 is 0 Å². The molecule has 0 saturated carbocycles. The van der Waals surface area contributed by atoms with Crippen molar-refractivity contribution in [2.45, 2.75) is 30.4 Å². The number of halogens is 2. The van der Waals surface area contributed by atoms with Gasteiger partial charge in [-0.1, -0.05) is 81.1 Å². The summed E-state index contributed by atoms with van der Waals surface area (Å²) in [6.07, 6.45) is 2.45. The minimum absolute atomic E-state index is 0.523. The lowest BCUT2D eigenvalue weighted by atomic mass is 10.2. The molecule has 0 nitrogen and oxygen atoms in total. The van der Waals surface area contributed by atoms with Crippen molar-refractivity contribution in [3.8, 4) is 0 Å². The van der Waals surface area contributed by atoms with E-state index in [-0.39, 0.29) is 0 Å². The summed E-state index contributed by atoms with van der Waals surface area (Å²) < 4.78 is 0.523. The van der Waals surface area contributed by atoms with E-state index in [1.807, 2.05) is 18.2 Å². The molecule has 1 aromatic rings. The summed E-state index contributed by atoms with van der Waals surface area (Å²) in [6, 6.07) is 10.3. The summed E-state index contributed by atoms with van der Waals surface area (Å²) in [6.45, 7) is 4.25. The van der Waals surface area contributed by atoms with Gasteiger partial charge in [-0.3, -0.25) is 0 Å². The lowest BCUT2D eigenvalue weighted by molar-refractivity contribution is 0.883. The van der Waals surface area contributed by atoms with Crippen LogP contribution in [0.15, 0.2) is 30.3 Å². The molecular formula is C11H16Br2. The van der Waals surface area contributed by atoms with Gasteiger partial charge in [-0.15, -0.1) is 0 Å². The molecule has 0 aliphatic rings. The second-order valence-corrected chi connectivity index (χ2v) is 6.27. The van der Waals surface area contributed by atoms with Crippen LogP contribution in [0.2, 0.25) is 0 Å². The second-order valence-electron chi connectivity index (χ2n) is 2.83. The number of aryl methyl sites for hydroxylation is 1. The molecule has 0 radical (unpaired) electrons. The van der Waals surface area contributed by atoms with E-state index in [0.717, 1.165) is 0 Å². The average molecular weight is 308 g/mol. The molecule has 0 amide bonds. The standard InChI is InChI=1S/C7H8.C4H8Br2/c1-7-5-3-2-4-6-7;1-2-3-4(5)6/h2-6H,1H3;4H,2-3H2,1H3. The minimum atomic E-state index is 0.523. The van der Waals surface area contributed by atoms with E-state index in [0.29, 0.717) is 3.74 Å². The smallest absolute Gasteiger partial charge is 0.0697 e. The van der Waals surface area contributed by atoms with Crippen LogP contribution in [0.4, 0.5) is 0 Å². The molecule has 0 atom stereocenters. The second kappa shape index (κ2) is 8.76. The fourth-order valence-electron chi connectivity index (χ4n) is 0.753. The maximum atomic E-state index is 3.35. The number of alkyl halides is 2. The Hall–Kier alpha value is 0.180. The predicted octanol–water partition coefficient (Wildman–Crippen LogP) is 4.90. The molecule has 0 aliphatic heterocycles. The Bertz CT molecular complexity index is 195. The van der Waals surface area contributed by atoms with Gasteiger partial charge in [0.2, 0.25) is 0 Å². The summed E-state index contributed by atoms with van der Waals surface area (Å²) in [4.78, 5) is 0. The SMILES string of the molecule is CCCC(Br)Br.Cc1ccccc1. The van der Waals surface area contributed by atoms with E-state index in [1.54, 1.807) is 0 Å². The third kappa shape index (κ3) is 10.1. The Morgan fingerprint density at radius 2 is 1.69 bits per heavy atom. The molecule has 0 aromatic heterocycles. The van der Waals surface area contributed by atoms with E-state index in [2.05, 4.69) is 57.8 Å². The fraction of sp³-hybridized carbons (Fsp3) is 0.455. The normalized spacial score (nSPS) is 9.31. The fourth-order valence-corrected chi connectivity index (χ4v) is 1.67. The third-order valence-electron chi connectivity index (χ3n) is 1.45. The van der Waals surface area contributed by atoms with E-state index in [1.165, 1.54) is 18.4 Å². The molecule has 0 N–H and O–H groups in total. The van der Waals surface area contributed by atoms with Crippen molar-refractivity contribution < 1.29 is 0 Å². The van der Waals surface area contributed by atoms with Gasteiger partial charge in [0.25, 0.3) is 0 Å². The molecule has 0 heterocycles. The number of hydrogen-bond acceptors (Lipinski definition) is 0. The largest absolute Gasteiger partial charge is 0.0765 e. The molecule has 2 heteroatoms. The van der Waals surface area contributed by atoms with Crippen molar-refractivity contribution in [3.63, 3.8) is 0 Å². The van der Waals surface area contributed by atoms with Gasteiger partial charge in [-0.2, -0.15) is 0 Å². The molecule has 0 aliphatic carbocycles. The molecule has 0 fully saturated rings. The number of benzene rings is 1. The number of hydrogen-bond donors (Lipinski definition) is 0. The predicted molar refractivity (Wildman–Crippen MR) is 67.7 cm³/mol. The lowest BCUT2D eigenvalue weighted by Gasteiger charge is -1.91. The Kier molecular flexibility index (Phi) is 8.89. The van der Waals surface area contributed by atoms with E-state index in [4.69, 9.17) is 0 Å². The molecular weight excluding hydrogens is 292 g/mol. The Morgan fingerprint density at radius 3 is 1.85 bits per heavy atom. The van der Waals surface area contributed by atoms with Crippen molar-refractivity contribution in [3.05, 3.63) is 35.9 Å². The summed E-state index contributed by atoms with van der Waals surface area (Å²) in [5.74, 6) is 0. The highest BCUT2D eigenvalue weighted by Crippen LogP contribution is 2.13. The molecule has 1 rings (SSSR count). The van der Waals surface area contributed by atoms with Crippen LogP contribution in [0.3, 0.4) is 0 Å². The van der Waals surface area contributed by atoms with Gasteiger partial charge in [-0.25, -0.2) is 0 Å². The molecule has 74 valence electrons. The van der Waals surface area contributed by atoms with Gasteiger partial charge in [0, 0.05) is 0 Å². The van der Waals surface area contributed by atoms with Crippen LogP contribution >= 0.6 is 31.9 Å². The first kappa shape index (κ1) is 13.2. The first-order valence-electron chi connectivity index (χ1n) is 4.46. The summed E-state index contributed by atoms with van der Waals surface area (Å²) in [5, 5.41) is 0. The van der Waals surface area contributed by atoms with E-state index >= 15 is 0 Å². The van der Waals surface area contributed by atoms with Gasteiger partial charge >= 0.3 is 0 Å². The summed E-state index contributed by atoms with van der Waals surface area (Å²) >= 11 is 6.70. The van der Waals surface area contributed by atoms with Gasteiger partial charge in [0.05, 0.1) is 3.74 Å². The average Bonchev–Trinajstić information content (AvgIpc) is 2.06. The van der Waals surface area contributed by atoms with Crippen molar-refractivity contribution in [2.24, 2.45) is 0 Å². The third-order valence-corrected chi connectivity index (χ3v) is 2.36. The van der Waals surface area contributed by atoms with Crippen LogP contribution in [-0.2, 0) is 0 Å². The Labute approximate surface area is 98.0 Å². The Balaban J connectivity index is 0.000000226. The van der Waals surface area contributed by atoms with Crippen LogP contribution in [0, 0.1) is 6.92 Å². The van der Waals surface area contributed by atoms with Crippen molar-refractivity contribution in [1.29, 1.82) is 0 Å². The van der Waals surface area contributed by atoms with Crippen molar-refractivity contribution >= 4 is 31.9 Å². The zero-order chi connectivity index (χ0) is 10.1. The quantitative estimate of drug-likeness (QED) is 0.682. The molecule has 1 aromatic carbocycles. The maximum absolute atomic E-state index is 3.35. The van der Waals surface area contributed by atoms with Crippen LogP contribution in [0.1, 0.15) is 25.3 Å². The van der Waals surface area contributed by atoms with Crippen LogP contribution in [0.5, 0.6) is 0 Å². The highest BCUT2D eigenvalue weighted by atomic mass is 79.9. The van der Waals surface area contributed by atoms with E-state index in [9.17, 15) is 0 Å². The topological polar surface area (TPSA) is 0 Å². The molecule has 0 unspecified atom stereocenters. The zero-order valence-corrected chi connectivity index (χ0v) is 11.3. The van der Waals surface area contributed by atoms with Gasteiger partial charge in [0.15, 0.2) is 0 Å². The monoisotopic (exact) mass is 306 g/mol. The summed E-state index contributed by atoms with van der Waals surface area (Å²) in [5.41, 5.74) is 1.32. The van der Waals surface area contributed by atoms with Gasteiger partial charge < -0.3 is 0 Å². The van der Waals surface area contributed by atoms with Gasteiger partial charge in [0.1, 0.15) is 0 Å². The summed E-state index contributed by atoms with van der Waals surface area (Å²) in [7, 11) is 0. The first-order chi connectivity index (χ1) is 6.16. The molecule has 0 bridgehead atoms. The lowest BCUT2D eigenvalue weighted by Crippen LogP contribution is -1.78. The zero-order valence-electron chi connectivity index (χ0n) is 8.13. The molecule has 0 spiro atoms. The van der Waals surface area contributed by atoms with Gasteiger partial charge in [-0.05, 0) is 13.3 Å². The Morgan fingerprint density at radius 1 is 1.15 bits per heavy atom. The maximum Gasteiger partial charge on any atom is 0.0697 e. The van der Waals surface area contributed by atoms with Crippen LogP contribution < -0.4 is 0 Å². The molecule has 13 heavy (non-hydrogen) atoms. The highest BCUT2D eigenvalue weighted by Gasteiger charge is 1.90. The minimum Gasteiger partial charge on any atom is -0.0765 e. The van der Waals surface area contributed by atoms with Crippen LogP contribution in [-0.4, -0.2) is 3.74 Å². The molecule has 0 saturated heterocycles. The van der Waals surface area contributed by atoms with Crippen molar-refractivity contribution in [2.75, 3.05) is 0 Å². The highest BCUT2D eigenvalue weighted by molar-refractivity contribution is 9.24. The van der Waals surface area contributed by atoms with Crippen LogP contribution in [0.25, 0.3) is 0 Å². The number of rotatable bonds is 2. The first-order valence-corrected chi connectivity index (χ1v) is 6.29.